The molecule has 0 N–H and O–H groups in total. The van der Waals surface area contributed by atoms with Crippen LogP contribution in [0.15, 0.2) is 0 Å². The summed E-state index contributed by atoms with van der Waals surface area (Å²) in [6.45, 7) is 0. The molecule has 0 aromatic carbocycles. The molecule has 0 saturated heterocycles. The third-order valence-corrected chi connectivity index (χ3v) is 0. The van der Waals surface area contributed by atoms with Crippen molar-refractivity contribution < 1.29 is 144 Å². The molecule has 14 heavy (non-hydrogen) atoms. The van der Waals surface area contributed by atoms with Crippen molar-refractivity contribution >= 4 is 18.5 Å². The van der Waals surface area contributed by atoms with Crippen LogP contribution < -0.4 is 30.6 Å². The summed E-state index contributed by atoms with van der Waals surface area (Å²) in [5.41, 5.74) is 0. The maximum Gasteiger partial charge on any atom is 2.00 e. The maximum absolute atomic E-state index is 8.33. The molecule has 0 aromatic rings. The molecule has 0 aliphatic rings. The van der Waals surface area contributed by atoms with E-state index in [1.54, 1.807) is 0 Å². The molecular formula is C3Eu2O9-2. The average molecular weight is 484 g/mol. The molecule has 0 spiro atoms. The van der Waals surface area contributed by atoms with Gasteiger partial charge >= 0.3 is 98.8 Å². The SMILES string of the molecule is O=C([O-])[O-].O=C([O-])[O-].O=C([O-])[O-].[Eu+2].[Eu+2]. The van der Waals surface area contributed by atoms with Crippen LogP contribution in [0.4, 0.5) is 14.4 Å². The Labute approximate surface area is 159 Å². The van der Waals surface area contributed by atoms with E-state index in [2.05, 4.69) is 0 Å². The molecule has 0 rings (SSSR count). The van der Waals surface area contributed by atoms with Gasteiger partial charge in [-0.25, -0.2) is 0 Å². The average Bonchev–Trinajstić information content (AvgIpc) is 1.54. The van der Waals surface area contributed by atoms with Crippen molar-refractivity contribution in [3.8, 4) is 0 Å². The Morgan fingerprint density at radius 2 is 0.500 bits per heavy atom. The van der Waals surface area contributed by atoms with E-state index in [1.807, 2.05) is 0 Å². The molecule has 0 atom stereocenters. The summed E-state index contributed by atoms with van der Waals surface area (Å²) in [5, 5.41) is 50.0. The Kier molecular flexibility index (Phi) is 49.6. The summed E-state index contributed by atoms with van der Waals surface area (Å²) < 4.78 is 0. The fourth-order valence-corrected chi connectivity index (χ4v) is 0. The minimum atomic E-state index is -2.33. The van der Waals surface area contributed by atoms with E-state index in [0.29, 0.717) is 0 Å². The van der Waals surface area contributed by atoms with Gasteiger partial charge in [-0.1, -0.05) is 0 Å². The zero-order valence-corrected chi connectivity index (χ0v) is 10.8. The van der Waals surface area contributed by atoms with Crippen LogP contribution in [0, 0.1) is 98.8 Å². The minimum absolute atomic E-state index is 0. The van der Waals surface area contributed by atoms with Crippen molar-refractivity contribution in [1.29, 1.82) is 0 Å². The van der Waals surface area contributed by atoms with Crippen LogP contribution in [0.5, 0.6) is 0 Å². The zero-order chi connectivity index (χ0) is 10.7. The van der Waals surface area contributed by atoms with Gasteiger partial charge in [0.2, 0.25) is 0 Å². The smallest absolute Gasteiger partial charge is 0.652 e. The molecule has 11 heteroatoms. The summed E-state index contributed by atoms with van der Waals surface area (Å²) in [6.07, 6.45) is -7.00. The fraction of sp³-hybridized carbons (Fsp3) is 0. The first-order valence-corrected chi connectivity index (χ1v) is 1.84. The molecule has 0 heterocycles. The molecule has 2 radical (unpaired) electrons. The molecule has 0 aliphatic carbocycles. The zero-order valence-electron chi connectivity index (χ0n) is 5.93. The number of hydrogen-bond acceptors (Lipinski definition) is 9. The van der Waals surface area contributed by atoms with Crippen LogP contribution in [0.1, 0.15) is 0 Å². The van der Waals surface area contributed by atoms with E-state index in [9.17, 15) is 0 Å². The summed E-state index contributed by atoms with van der Waals surface area (Å²) in [6, 6.07) is 0. The molecule has 0 unspecified atom stereocenters. The number of carbonyl (C=O) groups is 3. The van der Waals surface area contributed by atoms with Gasteiger partial charge in [-0.05, 0) is 18.5 Å². The fourth-order valence-electron chi connectivity index (χ4n) is 0. The van der Waals surface area contributed by atoms with E-state index >= 15 is 0 Å². The van der Waals surface area contributed by atoms with Crippen LogP contribution in [-0.4, -0.2) is 18.5 Å². The second kappa shape index (κ2) is 23.6. The number of rotatable bonds is 0. The van der Waals surface area contributed by atoms with Gasteiger partial charge in [0.15, 0.2) is 0 Å². The topological polar surface area (TPSA) is 190 Å². The Morgan fingerprint density at radius 1 is 0.500 bits per heavy atom. The van der Waals surface area contributed by atoms with Crippen molar-refractivity contribution in [3.63, 3.8) is 0 Å². The minimum Gasteiger partial charge on any atom is -0.652 e. The Balaban J connectivity index is -0.0000000270. The standard InChI is InChI=1S/3CH2O3.2Eu/c3*2-1(3)4;;/h3*(H2,2,3,4);;/q;;;2*+2/p-6. The van der Waals surface area contributed by atoms with Crippen molar-refractivity contribution in [2.75, 3.05) is 0 Å². The molecule has 0 amide bonds. The molecular weight excluding hydrogens is 484 g/mol. The summed E-state index contributed by atoms with van der Waals surface area (Å²) in [7, 11) is 0. The predicted octanol–water partition coefficient (Wildman–Crippen LogP) is -7.34. The first-order chi connectivity index (χ1) is 5.20. The molecule has 0 fully saturated rings. The van der Waals surface area contributed by atoms with Gasteiger partial charge in [0.1, 0.15) is 0 Å². The first kappa shape index (κ1) is 29.4. The molecule has 82 valence electrons. The van der Waals surface area contributed by atoms with Crippen LogP contribution in [0.25, 0.3) is 0 Å². The van der Waals surface area contributed by atoms with Gasteiger partial charge in [-0.3, -0.25) is 0 Å². The van der Waals surface area contributed by atoms with Gasteiger partial charge in [0.25, 0.3) is 0 Å². The van der Waals surface area contributed by atoms with Gasteiger partial charge < -0.3 is 45.0 Å². The second-order valence-electron chi connectivity index (χ2n) is 0.750. The number of carboxylic acid groups (broad SMARTS) is 6. The predicted molar refractivity (Wildman–Crippen MR) is 16.2 cm³/mol. The van der Waals surface area contributed by atoms with Crippen molar-refractivity contribution in [2.24, 2.45) is 0 Å². The first-order valence-electron chi connectivity index (χ1n) is 1.84. The van der Waals surface area contributed by atoms with Crippen molar-refractivity contribution in [3.05, 3.63) is 0 Å². The van der Waals surface area contributed by atoms with Crippen LogP contribution in [-0.2, 0) is 0 Å². The largest absolute Gasteiger partial charge is 2.00 e. The third-order valence-electron chi connectivity index (χ3n) is 0. The monoisotopic (exact) mass is 486 g/mol. The molecule has 0 aromatic heterocycles. The van der Waals surface area contributed by atoms with E-state index < -0.39 is 18.5 Å². The van der Waals surface area contributed by atoms with Gasteiger partial charge in [-0.2, -0.15) is 0 Å². The second-order valence-corrected chi connectivity index (χ2v) is 0.750. The van der Waals surface area contributed by atoms with Crippen molar-refractivity contribution in [2.45, 2.75) is 0 Å². The van der Waals surface area contributed by atoms with Gasteiger partial charge in [-0.15, -0.1) is 0 Å². The van der Waals surface area contributed by atoms with Crippen LogP contribution in [0.2, 0.25) is 0 Å². The molecule has 9 nitrogen and oxygen atoms in total. The summed E-state index contributed by atoms with van der Waals surface area (Å²) in [5.74, 6) is 0. The molecule has 0 bridgehead atoms. The normalized spacial score (nSPS) is 5.14. The molecule has 0 aliphatic heterocycles. The Hall–Kier alpha value is 0.979. The number of carbonyl (C=O) groups excluding carboxylic acids is 3. The van der Waals surface area contributed by atoms with E-state index in [4.69, 9.17) is 45.0 Å². The van der Waals surface area contributed by atoms with E-state index in [0.717, 1.165) is 0 Å². The van der Waals surface area contributed by atoms with Gasteiger partial charge in [0, 0.05) is 0 Å². The summed E-state index contributed by atoms with van der Waals surface area (Å²) >= 11 is 0. The van der Waals surface area contributed by atoms with Crippen LogP contribution in [0.3, 0.4) is 0 Å². The molecule has 0 saturated carbocycles. The summed E-state index contributed by atoms with van der Waals surface area (Å²) in [4.78, 5) is 25.0. The Bertz CT molecular complexity index is 116. The van der Waals surface area contributed by atoms with E-state index in [-0.39, 0.29) is 98.8 Å². The third kappa shape index (κ3) is 1940. The van der Waals surface area contributed by atoms with Crippen molar-refractivity contribution in [1.82, 2.24) is 0 Å². The quantitative estimate of drug-likeness (QED) is 0.322. The number of hydrogen-bond donors (Lipinski definition) is 0. The van der Waals surface area contributed by atoms with E-state index in [1.165, 1.54) is 0 Å². The van der Waals surface area contributed by atoms with Crippen LogP contribution >= 0.6 is 0 Å². The van der Waals surface area contributed by atoms with Gasteiger partial charge in [0.05, 0.1) is 0 Å². The maximum atomic E-state index is 8.33. The Morgan fingerprint density at radius 3 is 0.500 bits per heavy atom.